The van der Waals surface area contributed by atoms with Gasteiger partial charge in [-0.25, -0.2) is 0 Å². The van der Waals surface area contributed by atoms with Gasteiger partial charge in [0.25, 0.3) is 0 Å². The van der Waals surface area contributed by atoms with E-state index in [0.717, 1.165) is 0 Å². The maximum Gasteiger partial charge on any atom is -0.0108 e. The lowest BCUT2D eigenvalue weighted by Crippen LogP contribution is -1.70. The summed E-state index contributed by atoms with van der Waals surface area (Å²) in [5.74, 6) is 0. The van der Waals surface area contributed by atoms with Gasteiger partial charge in [0.2, 0.25) is 0 Å². The number of rotatable bonds is 0. The van der Waals surface area contributed by atoms with Gasteiger partial charge in [-0.1, -0.05) is 23.3 Å². The van der Waals surface area contributed by atoms with Crippen molar-refractivity contribution in [2.45, 2.75) is 26.7 Å². The van der Waals surface area contributed by atoms with Crippen LogP contribution in [0.5, 0.6) is 0 Å². The summed E-state index contributed by atoms with van der Waals surface area (Å²) in [6.07, 6.45) is 6.93. The Morgan fingerprint density at radius 2 is 2.38 bits per heavy atom. The van der Waals surface area contributed by atoms with E-state index in [1.165, 1.54) is 18.4 Å². The fourth-order valence-corrected chi connectivity index (χ4v) is 1.03. The van der Waals surface area contributed by atoms with E-state index in [1.54, 1.807) is 5.57 Å². The molecular weight excluding hydrogens is 96.1 g/mol. The van der Waals surface area contributed by atoms with Crippen LogP contribution >= 0.6 is 0 Å². The van der Waals surface area contributed by atoms with Crippen molar-refractivity contribution in [1.82, 2.24) is 0 Å². The third kappa shape index (κ3) is 1.00. The fraction of sp³-hybridized carbons (Fsp3) is 0.500. The van der Waals surface area contributed by atoms with Crippen LogP contribution in [0, 0.1) is 0 Å². The molecule has 0 heterocycles. The highest BCUT2D eigenvalue weighted by molar-refractivity contribution is 5.23. The van der Waals surface area contributed by atoms with Gasteiger partial charge < -0.3 is 0 Å². The first kappa shape index (κ1) is 5.61. The molecule has 44 valence electrons. The van der Waals surface area contributed by atoms with E-state index in [-0.39, 0.29) is 0 Å². The zero-order valence-corrected chi connectivity index (χ0v) is 5.57. The van der Waals surface area contributed by atoms with Crippen molar-refractivity contribution < 1.29 is 0 Å². The zero-order chi connectivity index (χ0) is 5.98. The first-order chi connectivity index (χ1) is 3.83. The molecule has 0 aromatic rings. The Morgan fingerprint density at radius 1 is 1.62 bits per heavy atom. The predicted octanol–water partition coefficient (Wildman–Crippen LogP) is 2.67. The molecule has 0 radical (unpaired) electrons. The normalized spacial score (nSPS) is 24.2. The van der Waals surface area contributed by atoms with E-state index in [2.05, 4.69) is 26.0 Å². The maximum absolute atomic E-state index is 2.30. The van der Waals surface area contributed by atoms with Crippen LogP contribution in [0.1, 0.15) is 26.7 Å². The summed E-state index contributed by atoms with van der Waals surface area (Å²) in [4.78, 5) is 0. The highest BCUT2D eigenvalue weighted by atomic mass is 14.1. The Bertz CT molecular complexity index is 138. The minimum absolute atomic E-state index is 1.20. The Balaban J connectivity index is 2.56. The first-order valence-electron chi connectivity index (χ1n) is 3.12. The van der Waals surface area contributed by atoms with Crippen molar-refractivity contribution in [3.63, 3.8) is 0 Å². The van der Waals surface area contributed by atoms with Gasteiger partial charge in [0.1, 0.15) is 0 Å². The van der Waals surface area contributed by atoms with Crippen molar-refractivity contribution in [2.75, 3.05) is 0 Å². The summed E-state index contributed by atoms with van der Waals surface area (Å²) >= 11 is 0. The molecule has 0 N–H and O–H groups in total. The van der Waals surface area contributed by atoms with Gasteiger partial charge in [0.15, 0.2) is 0 Å². The predicted molar refractivity (Wildman–Crippen MR) is 36.7 cm³/mol. The summed E-state index contributed by atoms with van der Waals surface area (Å²) < 4.78 is 0. The average molecular weight is 108 g/mol. The van der Waals surface area contributed by atoms with Crippen molar-refractivity contribution in [2.24, 2.45) is 0 Å². The molecule has 1 aliphatic rings. The largest absolute Gasteiger partial charge is 0.0878 e. The maximum atomic E-state index is 2.30. The molecule has 0 unspecified atom stereocenters. The van der Waals surface area contributed by atoms with Crippen molar-refractivity contribution in [3.05, 3.63) is 23.3 Å². The van der Waals surface area contributed by atoms with E-state index < -0.39 is 0 Å². The third-order valence-electron chi connectivity index (χ3n) is 1.63. The number of allylic oxidation sites excluding steroid dienone is 4. The topological polar surface area (TPSA) is 0 Å². The minimum atomic E-state index is 1.20. The summed E-state index contributed by atoms with van der Waals surface area (Å²) in [6, 6.07) is 0. The average Bonchev–Trinajstić information content (AvgIpc) is 2.14. The first-order valence-corrected chi connectivity index (χ1v) is 3.12. The van der Waals surface area contributed by atoms with E-state index in [9.17, 15) is 0 Å². The van der Waals surface area contributed by atoms with Gasteiger partial charge in [0.05, 0.1) is 0 Å². The van der Waals surface area contributed by atoms with Crippen LogP contribution in [0.2, 0.25) is 0 Å². The lowest BCUT2D eigenvalue weighted by Gasteiger charge is -1.90. The monoisotopic (exact) mass is 108 g/mol. The lowest BCUT2D eigenvalue weighted by molar-refractivity contribution is 1.14. The molecule has 0 amide bonds. The quantitative estimate of drug-likeness (QED) is 0.418. The minimum Gasteiger partial charge on any atom is -0.0878 e. The number of hydrogen-bond acceptors (Lipinski definition) is 0. The Labute approximate surface area is 50.9 Å². The smallest absolute Gasteiger partial charge is 0.0108 e. The van der Waals surface area contributed by atoms with Crippen LogP contribution in [0.4, 0.5) is 0 Å². The molecule has 0 spiro atoms. The SMILES string of the molecule is C/C=C1/CC=C(C)C1. The van der Waals surface area contributed by atoms with Crippen LogP contribution in [0.15, 0.2) is 23.3 Å². The summed E-state index contributed by atoms with van der Waals surface area (Å²) in [5.41, 5.74) is 3.10. The van der Waals surface area contributed by atoms with Crippen LogP contribution in [-0.2, 0) is 0 Å². The summed E-state index contributed by atoms with van der Waals surface area (Å²) in [5, 5.41) is 0. The molecule has 0 saturated heterocycles. The van der Waals surface area contributed by atoms with Crippen molar-refractivity contribution in [3.8, 4) is 0 Å². The van der Waals surface area contributed by atoms with Crippen molar-refractivity contribution >= 4 is 0 Å². The molecule has 0 aromatic carbocycles. The van der Waals surface area contributed by atoms with Crippen LogP contribution in [0.25, 0.3) is 0 Å². The summed E-state index contributed by atoms with van der Waals surface area (Å²) in [7, 11) is 0. The van der Waals surface area contributed by atoms with Gasteiger partial charge in [-0.3, -0.25) is 0 Å². The molecule has 0 saturated carbocycles. The third-order valence-corrected chi connectivity index (χ3v) is 1.63. The molecule has 0 bridgehead atoms. The van der Waals surface area contributed by atoms with Gasteiger partial charge in [-0.05, 0) is 26.7 Å². The molecule has 0 atom stereocenters. The molecular formula is C8H12. The molecule has 1 rings (SSSR count). The van der Waals surface area contributed by atoms with E-state index >= 15 is 0 Å². The van der Waals surface area contributed by atoms with Crippen LogP contribution in [0.3, 0.4) is 0 Å². The van der Waals surface area contributed by atoms with Crippen LogP contribution < -0.4 is 0 Å². The molecule has 0 heteroatoms. The lowest BCUT2D eigenvalue weighted by atomic mass is 10.2. The second kappa shape index (κ2) is 2.17. The van der Waals surface area contributed by atoms with E-state index in [4.69, 9.17) is 0 Å². The zero-order valence-electron chi connectivity index (χ0n) is 5.57. The molecule has 1 aliphatic carbocycles. The Morgan fingerprint density at radius 3 is 2.62 bits per heavy atom. The highest BCUT2D eigenvalue weighted by Crippen LogP contribution is 2.22. The van der Waals surface area contributed by atoms with Gasteiger partial charge in [-0.15, -0.1) is 0 Å². The molecule has 0 nitrogen and oxygen atoms in total. The van der Waals surface area contributed by atoms with Gasteiger partial charge >= 0.3 is 0 Å². The van der Waals surface area contributed by atoms with Crippen LogP contribution in [-0.4, -0.2) is 0 Å². The van der Waals surface area contributed by atoms with Gasteiger partial charge in [-0.2, -0.15) is 0 Å². The molecule has 8 heavy (non-hydrogen) atoms. The second-order valence-corrected chi connectivity index (χ2v) is 2.38. The van der Waals surface area contributed by atoms with E-state index in [1.807, 2.05) is 0 Å². The van der Waals surface area contributed by atoms with Gasteiger partial charge in [0, 0.05) is 0 Å². The highest BCUT2D eigenvalue weighted by Gasteiger charge is 2.02. The van der Waals surface area contributed by atoms with E-state index in [0.29, 0.717) is 0 Å². The Hall–Kier alpha value is -0.520. The molecule has 0 aromatic heterocycles. The number of hydrogen-bond donors (Lipinski definition) is 0. The standard InChI is InChI=1S/C8H12/c1-3-8-5-4-7(2)6-8/h3-4H,5-6H2,1-2H3/b8-3-. The second-order valence-electron chi connectivity index (χ2n) is 2.38. The Kier molecular flexibility index (Phi) is 1.52. The summed E-state index contributed by atoms with van der Waals surface area (Å²) in [6.45, 7) is 4.30. The van der Waals surface area contributed by atoms with Crippen molar-refractivity contribution in [1.29, 1.82) is 0 Å². The fourth-order valence-electron chi connectivity index (χ4n) is 1.03. The molecule has 0 aliphatic heterocycles. The molecule has 0 fully saturated rings.